The van der Waals surface area contributed by atoms with Crippen molar-refractivity contribution in [1.29, 1.82) is 0 Å². The summed E-state index contributed by atoms with van der Waals surface area (Å²) in [6.07, 6.45) is -0.485. The number of nitrogens with zero attached hydrogens (tertiary/aromatic N) is 1. The van der Waals surface area contributed by atoms with Crippen molar-refractivity contribution in [3.05, 3.63) is 48.5 Å². The van der Waals surface area contributed by atoms with Crippen LogP contribution in [0.3, 0.4) is 0 Å². The summed E-state index contributed by atoms with van der Waals surface area (Å²) in [4.78, 5) is 13.5. The van der Waals surface area contributed by atoms with Gasteiger partial charge in [0.25, 0.3) is 0 Å². The van der Waals surface area contributed by atoms with E-state index in [0.29, 0.717) is 49.4 Å². The van der Waals surface area contributed by atoms with E-state index in [4.69, 9.17) is 28.4 Å². The van der Waals surface area contributed by atoms with Gasteiger partial charge in [-0.3, -0.25) is 4.79 Å². The summed E-state index contributed by atoms with van der Waals surface area (Å²) in [7, 11) is 3.37. The molecule has 168 valence electrons. The van der Waals surface area contributed by atoms with Gasteiger partial charge in [-0.1, -0.05) is 24.3 Å². The minimum atomic E-state index is -0.485. The Morgan fingerprint density at radius 2 is 1.26 bits per heavy atom. The van der Waals surface area contributed by atoms with Crippen LogP contribution >= 0.6 is 0 Å². The second-order valence-electron chi connectivity index (χ2n) is 7.05. The number of carbonyl (C=O) groups is 1. The molecule has 0 radical (unpaired) electrons. The Hall–Kier alpha value is -2.97. The zero-order valence-electron chi connectivity index (χ0n) is 18.0. The molecule has 1 heterocycles. The van der Waals surface area contributed by atoms with Crippen molar-refractivity contribution >= 4 is 5.91 Å². The lowest BCUT2D eigenvalue weighted by Crippen LogP contribution is -2.34. The van der Waals surface area contributed by atoms with Crippen molar-refractivity contribution in [2.75, 3.05) is 60.3 Å². The van der Waals surface area contributed by atoms with Crippen molar-refractivity contribution in [1.82, 2.24) is 4.90 Å². The first-order valence-electron chi connectivity index (χ1n) is 10.2. The highest BCUT2D eigenvalue weighted by Gasteiger charge is 2.17. The summed E-state index contributed by atoms with van der Waals surface area (Å²) in [6.45, 7) is 1.91. The molecule has 3 rings (SSSR count). The van der Waals surface area contributed by atoms with Crippen LogP contribution in [0.2, 0.25) is 0 Å². The zero-order valence-corrected chi connectivity index (χ0v) is 18.0. The van der Waals surface area contributed by atoms with Gasteiger partial charge in [-0.25, -0.2) is 0 Å². The SMILES string of the molecule is CN(C)C(=O)COC1COc2ccccc2OCCOCCOc2ccccc2OC1. The smallest absolute Gasteiger partial charge is 0.248 e. The predicted octanol–water partition coefficient (Wildman–Crippen LogP) is 2.41. The lowest BCUT2D eigenvalue weighted by Gasteiger charge is -2.22. The molecule has 0 atom stereocenters. The van der Waals surface area contributed by atoms with Crippen LogP contribution in [0.4, 0.5) is 0 Å². The lowest BCUT2D eigenvalue weighted by molar-refractivity contribution is -0.137. The molecule has 0 aliphatic carbocycles. The maximum atomic E-state index is 12.0. The summed E-state index contributed by atoms with van der Waals surface area (Å²) in [6, 6.07) is 14.8. The number of amides is 1. The number of fused-ring (bicyclic) bond motifs is 2. The largest absolute Gasteiger partial charge is 0.487 e. The van der Waals surface area contributed by atoms with Gasteiger partial charge < -0.3 is 33.3 Å². The van der Waals surface area contributed by atoms with Crippen molar-refractivity contribution in [2.24, 2.45) is 0 Å². The second kappa shape index (κ2) is 12.0. The molecule has 1 aliphatic heterocycles. The van der Waals surface area contributed by atoms with Gasteiger partial charge in [-0.05, 0) is 24.3 Å². The van der Waals surface area contributed by atoms with Crippen LogP contribution in [0.15, 0.2) is 48.5 Å². The van der Waals surface area contributed by atoms with E-state index in [-0.39, 0.29) is 25.7 Å². The highest BCUT2D eigenvalue weighted by atomic mass is 16.6. The Kier molecular flexibility index (Phi) is 8.81. The van der Waals surface area contributed by atoms with E-state index in [1.807, 2.05) is 48.5 Å². The number of carbonyl (C=O) groups excluding carboxylic acids is 1. The first-order valence-corrected chi connectivity index (χ1v) is 10.2. The number of benzene rings is 2. The van der Waals surface area contributed by atoms with E-state index in [9.17, 15) is 4.79 Å². The van der Waals surface area contributed by atoms with Crippen LogP contribution in [-0.2, 0) is 14.3 Å². The number of hydrogen-bond acceptors (Lipinski definition) is 7. The number of ether oxygens (including phenoxy) is 6. The molecule has 8 nitrogen and oxygen atoms in total. The topological polar surface area (TPSA) is 75.7 Å². The Labute approximate surface area is 182 Å². The molecule has 0 bridgehead atoms. The molecule has 31 heavy (non-hydrogen) atoms. The molecule has 2 aromatic carbocycles. The van der Waals surface area contributed by atoms with Gasteiger partial charge in [-0.15, -0.1) is 0 Å². The Balaban J connectivity index is 1.74. The zero-order chi connectivity index (χ0) is 21.9. The number of para-hydroxylation sites is 4. The highest BCUT2D eigenvalue weighted by molar-refractivity contribution is 5.76. The number of likely N-dealkylation sites (N-methyl/N-ethyl adjacent to an activating group) is 1. The average Bonchev–Trinajstić information content (AvgIpc) is 2.78. The Morgan fingerprint density at radius 1 is 0.806 bits per heavy atom. The average molecular weight is 431 g/mol. The second-order valence-corrected chi connectivity index (χ2v) is 7.05. The quantitative estimate of drug-likeness (QED) is 0.739. The molecule has 0 saturated carbocycles. The molecule has 0 fully saturated rings. The third kappa shape index (κ3) is 7.34. The fourth-order valence-corrected chi connectivity index (χ4v) is 2.73. The fourth-order valence-electron chi connectivity index (χ4n) is 2.73. The first-order chi connectivity index (χ1) is 15.1. The van der Waals surface area contributed by atoms with Crippen LogP contribution in [0.1, 0.15) is 0 Å². The highest BCUT2D eigenvalue weighted by Crippen LogP contribution is 2.28. The fraction of sp³-hybridized carbons (Fsp3) is 0.435. The van der Waals surface area contributed by atoms with Gasteiger partial charge in [-0.2, -0.15) is 0 Å². The molecule has 0 saturated heterocycles. The molecule has 0 unspecified atom stereocenters. The minimum Gasteiger partial charge on any atom is -0.487 e. The van der Waals surface area contributed by atoms with Crippen molar-refractivity contribution in [3.63, 3.8) is 0 Å². The summed E-state index contributed by atoms with van der Waals surface area (Å²) in [5.41, 5.74) is 0. The first kappa shape index (κ1) is 22.7. The van der Waals surface area contributed by atoms with Gasteiger partial charge >= 0.3 is 0 Å². The minimum absolute atomic E-state index is 0.0714. The summed E-state index contributed by atoms with van der Waals surface area (Å²) in [5.74, 6) is 2.27. The van der Waals surface area contributed by atoms with Crippen LogP contribution in [0.25, 0.3) is 0 Å². The van der Waals surface area contributed by atoms with E-state index in [2.05, 4.69) is 0 Å². The van der Waals surface area contributed by atoms with Crippen molar-refractivity contribution in [2.45, 2.75) is 6.10 Å². The third-order valence-electron chi connectivity index (χ3n) is 4.46. The Morgan fingerprint density at radius 3 is 1.71 bits per heavy atom. The standard InChI is InChI=1S/C23H29NO7/c1-24(2)23(25)17-29-18-15-30-21-9-5-3-7-19(21)27-13-11-26-12-14-28-20-8-4-6-10-22(20)31-16-18/h3-10,18H,11-17H2,1-2H3. The van der Waals surface area contributed by atoms with Crippen molar-refractivity contribution < 1.29 is 33.2 Å². The molecular weight excluding hydrogens is 402 g/mol. The van der Waals surface area contributed by atoms with E-state index in [1.165, 1.54) is 4.90 Å². The van der Waals surface area contributed by atoms with E-state index < -0.39 is 6.10 Å². The number of rotatable bonds is 3. The summed E-state index contributed by atoms with van der Waals surface area (Å²) in [5, 5.41) is 0. The van der Waals surface area contributed by atoms with Gasteiger partial charge in [0.1, 0.15) is 39.1 Å². The van der Waals surface area contributed by atoms with E-state index in [1.54, 1.807) is 14.1 Å². The van der Waals surface area contributed by atoms with Gasteiger partial charge in [0.05, 0.1) is 13.2 Å². The van der Waals surface area contributed by atoms with Crippen LogP contribution in [-0.4, -0.2) is 77.3 Å². The molecule has 8 heteroatoms. The van der Waals surface area contributed by atoms with Crippen molar-refractivity contribution in [3.8, 4) is 23.0 Å². The summed E-state index contributed by atoms with van der Waals surface area (Å²) < 4.78 is 34.8. The predicted molar refractivity (Wildman–Crippen MR) is 114 cm³/mol. The van der Waals surface area contributed by atoms with Crippen LogP contribution in [0, 0.1) is 0 Å². The maximum absolute atomic E-state index is 12.0. The molecule has 0 N–H and O–H groups in total. The lowest BCUT2D eigenvalue weighted by atomic mass is 10.3. The molecule has 1 amide bonds. The van der Waals surface area contributed by atoms with Gasteiger partial charge in [0, 0.05) is 14.1 Å². The van der Waals surface area contributed by atoms with Gasteiger partial charge in [0.15, 0.2) is 23.0 Å². The monoisotopic (exact) mass is 431 g/mol. The van der Waals surface area contributed by atoms with E-state index in [0.717, 1.165) is 0 Å². The normalized spacial score (nSPS) is 15.8. The van der Waals surface area contributed by atoms with Gasteiger partial charge in [0.2, 0.25) is 5.91 Å². The summed E-state index contributed by atoms with van der Waals surface area (Å²) >= 11 is 0. The van der Waals surface area contributed by atoms with Crippen LogP contribution in [0.5, 0.6) is 23.0 Å². The molecule has 2 aromatic rings. The molecule has 0 spiro atoms. The molecule has 0 aromatic heterocycles. The molecule has 1 aliphatic rings. The molecular formula is C23H29NO7. The maximum Gasteiger partial charge on any atom is 0.248 e. The number of hydrogen-bond donors (Lipinski definition) is 0. The van der Waals surface area contributed by atoms with Crippen LogP contribution < -0.4 is 18.9 Å². The third-order valence-corrected chi connectivity index (χ3v) is 4.46. The Bertz CT molecular complexity index is 772. The van der Waals surface area contributed by atoms with E-state index >= 15 is 0 Å².